The number of piperidine rings is 1. The average Bonchev–Trinajstić information content (AvgIpc) is 2.38. The first-order chi connectivity index (χ1) is 8.95. The molecule has 0 spiro atoms. The van der Waals surface area contributed by atoms with Gasteiger partial charge in [-0.15, -0.1) is 0 Å². The predicted molar refractivity (Wildman–Crippen MR) is 73.4 cm³/mol. The van der Waals surface area contributed by atoms with E-state index in [9.17, 15) is 9.90 Å². The van der Waals surface area contributed by atoms with E-state index < -0.39 is 0 Å². The number of phenolic OH excluding ortho intramolecular Hbond substituents is 1. The first-order valence-electron chi connectivity index (χ1n) is 6.59. The molecule has 1 N–H and O–H groups in total. The van der Waals surface area contributed by atoms with Crippen molar-refractivity contribution in [3.8, 4) is 5.75 Å². The third-order valence-electron chi connectivity index (χ3n) is 3.88. The number of nitrogens with zero attached hydrogens (tertiary/aromatic N) is 1. The number of carbonyl (C=O) groups is 1. The molecule has 0 saturated carbocycles. The van der Waals surface area contributed by atoms with Crippen LogP contribution in [0.3, 0.4) is 0 Å². The molecule has 1 fully saturated rings. The van der Waals surface area contributed by atoms with Gasteiger partial charge in [0.25, 0.3) is 5.91 Å². The topological polar surface area (TPSA) is 49.8 Å². The zero-order chi connectivity index (χ0) is 14.0. The van der Waals surface area contributed by atoms with Gasteiger partial charge in [-0.25, -0.2) is 0 Å². The molecule has 1 aliphatic heterocycles. The van der Waals surface area contributed by atoms with Crippen molar-refractivity contribution in [2.24, 2.45) is 0 Å². The Balaban J connectivity index is 2.19. The molecule has 1 unspecified atom stereocenters. The number of likely N-dealkylation sites (tertiary alicyclic amines) is 1. The van der Waals surface area contributed by atoms with Crippen molar-refractivity contribution in [3.63, 3.8) is 0 Å². The number of amides is 1. The lowest BCUT2D eigenvalue weighted by Gasteiger charge is -2.39. The maximum absolute atomic E-state index is 12.5. The van der Waals surface area contributed by atoms with E-state index in [0.717, 1.165) is 24.9 Å². The highest BCUT2D eigenvalue weighted by atomic mass is 16.5. The van der Waals surface area contributed by atoms with E-state index in [1.165, 1.54) is 0 Å². The molecule has 4 heteroatoms. The van der Waals surface area contributed by atoms with Crippen LogP contribution < -0.4 is 0 Å². The van der Waals surface area contributed by atoms with Crippen LogP contribution in [0, 0.1) is 6.92 Å². The number of hydrogen-bond donors (Lipinski definition) is 1. The average molecular weight is 263 g/mol. The molecule has 0 aliphatic carbocycles. The Hall–Kier alpha value is -1.55. The summed E-state index contributed by atoms with van der Waals surface area (Å²) in [5.41, 5.74) is 1.20. The van der Waals surface area contributed by atoms with Gasteiger partial charge in [-0.1, -0.05) is 0 Å². The van der Waals surface area contributed by atoms with E-state index in [-0.39, 0.29) is 17.3 Å². The molecule has 0 aromatic heterocycles. The smallest absolute Gasteiger partial charge is 0.254 e. The highest BCUT2D eigenvalue weighted by molar-refractivity contribution is 5.96. The summed E-state index contributed by atoms with van der Waals surface area (Å²) in [6, 6.07) is 4.86. The Bertz CT molecular complexity index is 486. The number of ether oxygens (including phenoxy) is 1. The SMILES string of the molecule is COC1(C)CCCN(C(=O)c2ccc(O)cc2C)C1. The van der Waals surface area contributed by atoms with Gasteiger partial charge in [0.15, 0.2) is 0 Å². The fourth-order valence-corrected chi connectivity index (χ4v) is 2.60. The molecule has 1 aromatic rings. The number of benzene rings is 1. The molecule has 2 rings (SSSR count). The normalized spacial score (nSPS) is 23.4. The lowest BCUT2D eigenvalue weighted by molar-refractivity contribution is -0.0440. The summed E-state index contributed by atoms with van der Waals surface area (Å²) in [6.07, 6.45) is 1.93. The fourth-order valence-electron chi connectivity index (χ4n) is 2.60. The van der Waals surface area contributed by atoms with Crippen molar-refractivity contribution < 1.29 is 14.6 Å². The second kappa shape index (κ2) is 5.21. The minimum Gasteiger partial charge on any atom is -0.508 e. The molecule has 4 nitrogen and oxygen atoms in total. The number of aromatic hydroxyl groups is 1. The third-order valence-corrected chi connectivity index (χ3v) is 3.88. The minimum atomic E-state index is -0.251. The minimum absolute atomic E-state index is 0.0143. The van der Waals surface area contributed by atoms with E-state index in [4.69, 9.17) is 4.74 Å². The van der Waals surface area contributed by atoms with Gasteiger partial charge >= 0.3 is 0 Å². The molecule has 1 saturated heterocycles. The van der Waals surface area contributed by atoms with Crippen LogP contribution in [0.5, 0.6) is 5.75 Å². The fraction of sp³-hybridized carbons (Fsp3) is 0.533. The summed E-state index contributed by atoms with van der Waals surface area (Å²) in [5.74, 6) is 0.204. The predicted octanol–water partition coefficient (Wildman–Crippen LogP) is 2.34. The number of phenols is 1. The van der Waals surface area contributed by atoms with Gasteiger partial charge in [-0.2, -0.15) is 0 Å². The van der Waals surface area contributed by atoms with E-state index in [1.54, 1.807) is 25.3 Å². The van der Waals surface area contributed by atoms with Crippen molar-refractivity contribution in [2.45, 2.75) is 32.3 Å². The zero-order valence-corrected chi connectivity index (χ0v) is 11.8. The Morgan fingerprint density at radius 2 is 2.21 bits per heavy atom. The standard InChI is InChI=1S/C15H21NO3/c1-11-9-12(17)5-6-13(11)14(18)16-8-4-7-15(2,10-16)19-3/h5-6,9,17H,4,7-8,10H2,1-3H3. The van der Waals surface area contributed by atoms with Gasteiger partial charge in [-0.3, -0.25) is 4.79 Å². The van der Waals surface area contributed by atoms with Gasteiger partial charge in [0.05, 0.1) is 5.60 Å². The Morgan fingerprint density at radius 1 is 1.47 bits per heavy atom. The zero-order valence-electron chi connectivity index (χ0n) is 11.8. The Morgan fingerprint density at radius 3 is 2.84 bits per heavy atom. The van der Waals surface area contributed by atoms with E-state index in [0.29, 0.717) is 12.1 Å². The molecule has 1 aliphatic rings. The first-order valence-corrected chi connectivity index (χ1v) is 6.59. The van der Waals surface area contributed by atoms with Gasteiger partial charge in [0, 0.05) is 25.8 Å². The van der Waals surface area contributed by atoms with Crippen molar-refractivity contribution in [3.05, 3.63) is 29.3 Å². The van der Waals surface area contributed by atoms with Crippen LogP contribution in [0.2, 0.25) is 0 Å². The largest absolute Gasteiger partial charge is 0.508 e. The van der Waals surface area contributed by atoms with E-state index >= 15 is 0 Å². The molecular weight excluding hydrogens is 242 g/mol. The summed E-state index contributed by atoms with van der Waals surface area (Å²) >= 11 is 0. The number of methoxy groups -OCH3 is 1. The van der Waals surface area contributed by atoms with Crippen LogP contribution in [0.4, 0.5) is 0 Å². The highest BCUT2D eigenvalue weighted by Gasteiger charge is 2.33. The molecule has 19 heavy (non-hydrogen) atoms. The van der Waals surface area contributed by atoms with Crippen LogP contribution in [0.25, 0.3) is 0 Å². The van der Waals surface area contributed by atoms with Crippen molar-refractivity contribution >= 4 is 5.91 Å². The van der Waals surface area contributed by atoms with Gasteiger partial charge in [0.1, 0.15) is 5.75 Å². The second-order valence-corrected chi connectivity index (χ2v) is 5.48. The van der Waals surface area contributed by atoms with Crippen molar-refractivity contribution in [2.75, 3.05) is 20.2 Å². The molecule has 1 heterocycles. The second-order valence-electron chi connectivity index (χ2n) is 5.48. The monoisotopic (exact) mass is 263 g/mol. The molecule has 0 radical (unpaired) electrons. The lowest BCUT2D eigenvalue weighted by Crippen LogP contribution is -2.49. The molecule has 1 atom stereocenters. The summed E-state index contributed by atoms with van der Waals surface area (Å²) in [5, 5.41) is 9.41. The quantitative estimate of drug-likeness (QED) is 0.891. The number of aryl methyl sites for hydroxylation is 1. The Kier molecular flexibility index (Phi) is 3.80. The van der Waals surface area contributed by atoms with Crippen LogP contribution in [-0.2, 0) is 4.74 Å². The molecular formula is C15H21NO3. The first kappa shape index (κ1) is 13.9. The molecule has 1 amide bonds. The Labute approximate surface area is 114 Å². The highest BCUT2D eigenvalue weighted by Crippen LogP contribution is 2.26. The van der Waals surface area contributed by atoms with Gasteiger partial charge < -0.3 is 14.7 Å². The number of rotatable bonds is 2. The molecule has 1 aromatic carbocycles. The van der Waals surface area contributed by atoms with Gasteiger partial charge in [-0.05, 0) is 50.5 Å². The van der Waals surface area contributed by atoms with Gasteiger partial charge in [0.2, 0.25) is 0 Å². The molecule has 0 bridgehead atoms. The van der Waals surface area contributed by atoms with Crippen molar-refractivity contribution in [1.82, 2.24) is 4.90 Å². The maximum Gasteiger partial charge on any atom is 0.254 e. The van der Waals surface area contributed by atoms with Crippen LogP contribution in [0.15, 0.2) is 18.2 Å². The summed E-state index contributed by atoms with van der Waals surface area (Å²) < 4.78 is 5.51. The summed E-state index contributed by atoms with van der Waals surface area (Å²) in [6.45, 7) is 5.25. The lowest BCUT2D eigenvalue weighted by atomic mass is 9.94. The number of hydrogen-bond acceptors (Lipinski definition) is 3. The van der Waals surface area contributed by atoms with E-state index in [1.807, 2.05) is 18.7 Å². The van der Waals surface area contributed by atoms with Crippen molar-refractivity contribution in [1.29, 1.82) is 0 Å². The van der Waals surface area contributed by atoms with Crippen LogP contribution in [-0.4, -0.2) is 41.7 Å². The van der Waals surface area contributed by atoms with Crippen LogP contribution >= 0.6 is 0 Å². The summed E-state index contributed by atoms with van der Waals surface area (Å²) in [4.78, 5) is 14.4. The summed E-state index contributed by atoms with van der Waals surface area (Å²) in [7, 11) is 1.69. The maximum atomic E-state index is 12.5. The van der Waals surface area contributed by atoms with Crippen LogP contribution in [0.1, 0.15) is 35.7 Å². The number of carbonyl (C=O) groups excluding carboxylic acids is 1. The molecule has 104 valence electrons. The third kappa shape index (κ3) is 2.89. The van der Waals surface area contributed by atoms with E-state index in [2.05, 4.69) is 0 Å².